The fraction of sp³-hybridized carbons (Fsp3) is 0.333. The molecule has 80 valence electrons. The van der Waals surface area contributed by atoms with E-state index >= 15 is 0 Å². The van der Waals surface area contributed by atoms with Crippen LogP contribution in [-0.4, -0.2) is 23.5 Å². The van der Waals surface area contributed by atoms with Crippen molar-refractivity contribution in [2.24, 2.45) is 0 Å². The van der Waals surface area contributed by atoms with Gasteiger partial charge in [0.1, 0.15) is 0 Å². The molecular formula is C9H14O4S. The van der Waals surface area contributed by atoms with E-state index in [0.717, 1.165) is 6.92 Å². The lowest BCUT2D eigenvalue weighted by atomic mass is 10.2. The molecule has 1 rings (SSSR count). The average Bonchev–Trinajstić information content (AvgIpc) is 2.04. The molecular weight excluding hydrogens is 204 g/mol. The summed E-state index contributed by atoms with van der Waals surface area (Å²) in [6.07, 6.45) is 0. The van der Waals surface area contributed by atoms with Crippen molar-refractivity contribution in [1.82, 2.24) is 0 Å². The van der Waals surface area contributed by atoms with E-state index in [-0.39, 0.29) is 0 Å². The maximum atomic E-state index is 9.64. The van der Waals surface area contributed by atoms with E-state index in [0.29, 0.717) is 0 Å². The first-order chi connectivity index (χ1) is 6.34. The molecule has 0 aliphatic heterocycles. The van der Waals surface area contributed by atoms with Crippen LogP contribution in [0, 0.1) is 6.92 Å². The molecule has 0 saturated heterocycles. The van der Waals surface area contributed by atoms with Gasteiger partial charge >= 0.3 is 0 Å². The molecule has 14 heavy (non-hydrogen) atoms. The maximum Gasteiger partial charge on any atom is 0.291 e. The van der Waals surface area contributed by atoms with E-state index in [2.05, 4.69) is 19.1 Å². The number of hydrogen-bond acceptors (Lipinski definition) is 3. The molecule has 5 heteroatoms. The Labute approximate surface area is 84.0 Å². The van der Waals surface area contributed by atoms with Crippen LogP contribution in [0.15, 0.2) is 30.3 Å². The molecule has 0 spiro atoms. The van der Waals surface area contributed by atoms with Gasteiger partial charge in [-0.05, 0) is 13.8 Å². The Balaban J connectivity index is 0.000000241. The van der Waals surface area contributed by atoms with Gasteiger partial charge in [0, 0.05) is 0 Å². The summed E-state index contributed by atoms with van der Waals surface area (Å²) in [5, 5.41) is 8.05. The lowest BCUT2D eigenvalue weighted by molar-refractivity contribution is 0.252. The average molecular weight is 218 g/mol. The smallest absolute Gasteiger partial charge is 0.291 e. The van der Waals surface area contributed by atoms with Crippen LogP contribution in [0.1, 0.15) is 12.5 Å². The van der Waals surface area contributed by atoms with E-state index in [9.17, 15) is 8.42 Å². The van der Waals surface area contributed by atoms with Gasteiger partial charge in [0.2, 0.25) is 0 Å². The topological polar surface area (TPSA) is 74.6 Å². The van der Waals surface area contributed by atoms with Crippen LogP contribution in [0.3, 0.4) is 0 Å². The van der Waals surface area contributed by atoms with Crippen molar-refractivity contribution in [3.8, 4) is 0 Å². The van der Waals surface area contributed by atoms with Crippen LogP contribution in [0.2, 0.25) is 0 Å². The Kier molecular flexibility index (Phi) is 5.37. The highest BCUT2D eigenvalue weighted by atomic mass is 32.2. The Morgan fingerprint density at radius 2 is 1.57 bits per heavy atom. The van der Waals surface area contributed by atoms with Gasteiger partial charge in [-0.3, -0.25) is 4.55 Å². The predicted octanol–water partition coefficient (Wildman–Crippen LogP) is 1.21. The van der Waals surface area contributed by atoms with Gasteiger partial charge in [-0.2, -0.15) is 8.42 Å². The first-order valence-corrected chi connectivity index (χ1v) is 5.50. The number of benzene rings is 1. The highest BCUT2D eigenvalue weighted by Gasteiger charge is 2.10. The molecule has 1 aromatic rings. The van der Waals surface area contributed by atoms with Crippen LogP contribution in [-0.2, 0) is 10.1 Å². The van der Waals surface area contributed by atoms with Gasteiger partial charge in [0.25, 0.3) is 10.1 Å². The molecule has 1 aromatic carbocycles. The van der Waals surface area contributed by atoms with E-state index in [1.54, 1.807) is 0 Å². The van der Waals surface area contributed by atoms with E-state index < -0.39 is 15.6 Å². The maximum absolute atomic E-state index is 9.64. The Hall–Kier alpha value is -0.910. The molecule has 0 aliphatic rings. The second-order valence-electron chi connectivity index (χ2n) is 2.77. The number of aliphatic hydroxyl groups excluding tert-OH is 1. The molecule has 0 amide bonds. The van der Waals surface area contributed by atoms with Crippen molar-refractivity contribution in [3.63, 3.8) is 0 Å². The quantitative estimate of drug-likeness (QED) is 0.695. The molecule has 0 saturated carbocycles. The first-order valence-electron chi connectivity index (χ1n) is 4.00. The van der Waals surface area contributed by atoms with Crippen molar-refractivity contribution in [2.45, 2.75) is 19.3 Å². The zero-order valence-electron chi connectivity index (χ0n) is 8.08. The van der Waals surface area contributed by atoms with Crippen molar-refractivity contribution >= 4 is 10.1 Å². The summed E-state index contributed by atoms with van der Waals surface area (Å²) in [4.78, 5) is 0. The van der Waals surface area contributed by atoms with Gasteiger partial charge < -0.3 is 5.11 Å². The van der Waals surface area contributed by atoms with Crippen molar-refractivity contribution in [3.05, 3.63) is 35.9 Å². The lowest BCUT2D eigenvalue weighted by Gasteiger charge is -1.94. The Morgan fingerprint density at radius 1 is 1.21 bits per heavy atom. The summed E-state index contributed by atoms with van der Waals surface area (Å²) in [7, 11) is -4.19. The lowest BCUT2D eigenvalue weighted by Crippen LogP contribution is -2.14. The van der Waals surface area contributed by atoms with Gasteiger partial charge in [0.15, 0.2) is 5.44 Å². The first kappa shape index (κ1) is 13.1. The van der Waals surface area contributed by atoms with Crippen molar-refractivity contribution in [2.75, 3.05) is 0 Å². The second kappa shape index (κ2) is 5.74. The third kappa shape index (κ3) is 6.59. The molecule has 1 atom stereocenters. The van der Waals surface area contributed by atoms with Gasteiger partial charge in [0.05, 0.1) is 0 Å². The fourth-order valence-corrected chi connectivity index (χ4v) is 0.534. The van der Waals surface area contributed by atoms with E-state index in [4.69, 9.17) is 9.66 Å². The Morgan fingerprint density at radius 3 is 1.71 bits per heavy atom. The number of aliphatic hydroxyl groups is 1. The van der Waals surface area contributed by atoms with Crippen molar-refractivity contribution in [1.29, 1.82) is 0 Å². The molecule has 0 heterocycles. The number of hydrogen-bond donors (Lipinski definition) is 2. The summed E-state index contributed by atoms with van der Waals surface area (Å²) in [5.74, 6) is 0. The van der Waals surface area contributed by atoms with Crippen LogP contribution in [0.5, 0.6) is 0 Å². The van der Waals surface area contributed by atoms with E-state index in [1.807, 2.05) is 18.2 Å². The summed E-state index contributed by atoms with van der Waals surface area (Å²) in [6, 6.07) is 10.3. The summed E-state index contributed by atoms with van der Waals surface area (Å²) < 4.78 is 27.1. The zero-order chi connectivity index (χ0) is 11.2. The minimum Gasteiger partial charge on any atom is -0.375 e. The van der Waals surface area contributed by atoms with Gasteiger partial charge in [-0.1, -0.05) is 35.9 Å². The van der Waals surface area contributed by atoms with E-state index in [1.165, 1.54) is 5.56 Å². The highest BCUT2D eigenvalue weighted by molar-refractivity contribution is 7.86. The zero-order valence-corrected chi connectivity index (χ0v) is 8.90. The van der Waals surface area contributed by atoms with Gasteiger partial charge in [-0.15, -0.1) is 0 Å². The Bertz CT molecular complexity index is 342. The molecule has 0 aliphatic carbocycles. The summed E-state index contributed by atoms with van der Waals surface area (Å²) >= 11 is 0. The monoisotopic (exact) mass is 218 g/mol. The minimum absolute atomic E-state index is 0.968. The largest absolute Gasteiger partial charge is 0.375 e. The fourth-order valence-electron chi connectivity index (χ4n) is 0.534. The van der Waals surface area contributed by atoms with Gasteiger partial charge in [-0.25, -0.2) is 0 Å². The molecule has 0 bridgehead atoms. The van der Waals surface area contributed by atoms with Crippen LogP contribution in [0.4, 0.5) is 0 Å². The number of aryl methyl sites for hydroxylation is 1. The predicted molar refractivity (Wildman–Crippen MR) is 54.4 cm³/mol. The second-order valence-corrected chi connectivity index (χ2v) is 4.48. The summed E-state index contributed by atoms with van der Waals surface area (Å²) in [5.41, 5.74) is -0.352. The third-order valence-electron chi connectivity index (χ3n) is 1.37. The normalized spacial score (nSPS) is 12.6. The molecule has 4 nitrogen and oxygen atoms in total. The minimum atomic E-state index is -4.19. The van der Waals surface area contributed by atoms with Crippen LogP contribution >= 0.6 is 0 Å². The molecule has 0 fully saturated rings. The standard InChI is InChI=1S/C7H8.C2H6O4S/c1-7-5-3-2-4-6-7;1-2(3)7(4,5)6/h2-6H,1H3;2-3H,1H3,(H,4,5,6). The molecule has 0 radical (unpaired) electrons. The molecule has 2 N–H and O–H groups in total. The molecule has 0 aromatic heterocycles. The third-order valence-corrected chi connectivity index (χ3v) is 2.23. The number of rotatable bonds is 1. The van der Waals surface area contributed by atoms with Crippen LogP contribution < -0.4 is 0 Å². The van der Waals surface area contributed by atoms with Crippen LogP contribution in [0.25, 0.3) is 0 Å². The summed E-state index contributed by atoms with van der Waals surface area (Å²) in [6.45, 7) is 3.05. The molecule has 1 unspecified atom stereocenters. The highest BCUT2D eigenvalue weighted by Crippen LogP contribution is 1.92. The van der Waals surface area contributed by atoms with Crippen molar-refractivity contribution < 1.29 is 18.1 Å². The SMILES string of the molecule is CC(O)S(=O)(=O)O.Cc1ccccc1.